The van der Waals surface area contributed by atoms with Crippen molar-refractivity contribution in [3.63, 3.8) is 0 Å². The summed E-state index contributed by atoms with van der Waals surface area (Å²) < 4.78 is 13.5. The summed E-state index contributed by atoms with van der Waals surface area (Å²) in [6.07, 6.45) is 0. The molecule has 0 aliphatic rings. The lowest BCUT2D eigenvalue weighted by Gasteiger charge is -2.10. The highest BCUT2D eigenvalue weighted by Gasteiger charge is 2.17. The molecule has 0 bridgehead atoms. The second-order valence-electron chi connectivity index (χ2n) is 4.77. The number of rotatable bonds is 5. The molecule has 3 N–H and O–H groups in total. The van der Waals surface area contributed by atoms with Crippen LogP contribution in [0.2, 0.25) is 0 Å². The number of hydrogen-bond donors (Lipinski definition) is 2. The SMILES string of the molecule is Cc1nnc(SCC(=O)Nc2ccccc2F)c(C(N)=O)c1C. The molecule has 0 aliphatic heterocycles. The van der Waals surface area contributed by atoms with Gasteiger partial charge in [0.2, 0.25) is 5.91 Å². The molecule has 0 saturated carbocycles. The number of amides is 2. The minimum absolute atomic E-state index is 0.0498. The van der Waals surface area contributed by atoms with E-state index in [1.54, 1.807) is 19.9 Å². The van der Waals surface area contributed by atoms with Crippen molar-refractivity contribution in [3.8, 4) is 0 Å². The van der Waals surface area contributed by atoms with Crippen molar-refractivity contribution in [1.82, 2.24) is 10.2 Å². The Morgan fingerprint density at radius 2 is 1.96 bits per heavy atom. The summed E-state index contributed by atoms with van der Waals surface area (Å²) in [7, 11) is 0. The number of primary amides is 1. The number of hydrogen-bond acceptors (Lipinski definition) is 5. The average molecular weight is 334 g/mol. The van der Waals surface area contributed by atoms with Crippen LogP contribution in [0.25, 0.3) is 0 Å². The van der Waals surface area contributed by atoms with Crippen molar-refractivity contribution >= 4 is 29.3 Å². The number of aromatic nitrogens is 2. The number of benzene rings is 1. The van der Waals surface area contributed by atoms with E-state index in [2.05, 4.69) is 15.5 Å². The molecule has 8 heteroatoms. The Morgan fingerprint density at radius 3 is 2.61 bits per heavy atom. The van der Waals surface area contributed by atoms with Crippen molar-refractivity contribution < 1.29 is 14.0 Å². The molecule has 2 rings (SSSR count). The Kier molecular flexibility index (Phi) is 5.28. The Labute approximate surface area is 136 Å². The number of anilines is 1. The Balaban J connectivity index is 2.09. The van der Waals surface area contributed by atoms with Gasteiger partial charge in [-0.2, -0.15) is 5.10 Å². The van der Waals surface area contributed by atoms with Gasteiger partial charge in [0.15, 0.2) is 0 Å². The molecule has 0 aliphatic carbocycles. The van der Waals surface area contributed by atoms with Gasteiger partial charge in [-0.05, 0) is 31.5 Å². The Bertz CT molecular complexity index is 767. The zero-order chi connectivity index (χ0) is 17.0. The van der Waals surface area contributed by atoms with Crippen LogP contribution >= 0.6 is 11.8 Å². The van der Waals surface area contributed by atoms with Crippen molar-refractivity contribution in [1.29, 1.82) is 0 Å². The standard InChI is InChI=1S/C15H15FN4O2S/c1-8-9(2)19-20-15(13(8)14(17)22)23-7-12(21)18-11-6-4-3-5-10(11)16/h3-6H,7H2,1-2H3,(H2,17,22)(H,18,21). The number of para-hydroxylation sites is 1. The largest absolute Gasteiger partial charge is 0.366 e. The van der Waals surface area contributed by atoms with Gasteiger partial charge in [0.05, 0.1) is 22.7 Å². The number of thioether (sulfide) groups is 1. The zero-order valence-corrected chi connectivity index (χ0v) is 13.4. The first-order chi connectivity index (χ1) is 10.9. The fourth-order valence-electron chi connectivity index (χ4n) is 1.86. The summed E-state index contributed by atoms with van der Waals surface area (Å²) in [4.78, 5) is 23.5. The molecule has 1 aromatic heterocycles. The van der Waals surface area contributed by atoms with Gasteiger partial charge in [0, 0.05) is 0 Å². The number of carbonyl (C=O) groups is 2. The maximum atomic E-state index is 13.5. The smallest absolute Gasteiger partial charge is 0.251 e. The van der Waals surface area contributed by atoms with Crippen molar-refractivity contribution in [2.75, 3.05) is 11.1 Å². The lowest BCUT2D eigenvalue weighted by atomic mass is 10.1. The Morgan fingerprint density at radius 1 is 1.26 bits per heavy atom. The van der Waals surface area contributed by atoms with Crippen molar-refractivity contribution in [2.45, 2.75) is 18.9 Å². The maximum Gasteiger partial charge on any atom is 0.251 e. The predicted octanol–water partition coefficient (Wildman–Crippen LogP) is 2.06. The van der Waals surface area contributed by atoms with Gasteiger partial charge >= 0.3 is 0 Å². The third kappa shape index (κ3) is 4.04. The molecular formula is C15H15FN4O2S. The highest BCUT2D eigenvalue weighted by Crippen LogP contribution is 2.23. The van der Waals surface area contributed by atoms with E-state index in [4.69, 9.17) is 5.73 Å². The van der Waals surface area contributed by atoms with Gasteiger partial charge in [-0.1, -0.05) is 23.9 Å². The van der Waals surface area contributed by atoms with Gasteiger partial charge in [-0.3, -0.25) is 9.59 Å². The second kappa shape index (κ2) is 7.19. The van der Waals surface area contributed by atoms with Gasteiger partial charge in [0.1, 0.15) is 10.8 Å². The van der Waals surface area contributed by atoms with E-state index < -0.39 is 17.6 Å². The van der Waals surface area contributed by atoms with E-state index in [0.29, 0.717) is 11.3 Å². The van der Waals surface area contributed by atoms with E-state index >= 15 is 0 Å². The van der Waals surface area contributed by atoms with Crippen LogP contribution in [0.15, 0.2) is 29.3 Å². The number of nitrogens with zero attached hydrogens (tertiary/aromatic N) is 2. The summed E-state index contributed by atoms with van der Waals surface area (Å²) >= 11 is 1.02. The summed E-state index contributed by atoms with van der Waals surface area (Å²) in [5.41, 5.74) is 6.94. The molecule has 1 aromatic carbocycles. The van der Waals surface area contributed by atoms with Crippen LogP contribution in [0.3, 0.4) is 0 Å². The van der Waals surface area contributed by atoms with Crippen LogP contribution < -0.4 is 11.1 Å². The topological polar surface area (TPSA) is 98.0 Å². The highest BCUT2D eigenvalue weighted by molar-refractivity contribution is 8.00. The summed E-state index contributed by atoms with van der Waals surface area (Å²) in [5.74, 6) is -1.62. The summed E-state index contributed by atoms with van der Waals surface area (Å²) in [5, 5.41) is 10.6. The molecule has 0 spiro atoms. The molecular weight excluding hydrogens is 319 g/mol. The first-order valence-electron chi connectivity index (χ1n) is 6.71. The third-order valence-electron chi connectivity index (χ3n) is 3.16. The Hall–Kier alpha value is -2.48. The fourth-order valence-corrected chi connectivity index (χ4v) is 2.70. The van der Waals surface area contributed by atoms with Crippen LogP contribution in [0, 0.1) is 19.7 Å². The third-order valence-corrected chi connectivity index (χ3v) is 4.12. The number of nitrogens with two attached hydrogens (primary N) is 1. The van der Waals surface area contributed by atoms with Crippen molar-refractivity contribution in [3.05, 3.63) is 46.9 Å². The number of nitrogens with one attached hydrogen (secondary N) is 1. The van der Waals surface area contributed by atoms with Crippen molar-refractivity contribution in [2.24, 2.45) is 5.73 Å². The van der Waals surface area contributed by atoms with Gasteiger partial charge in [-0.15, -0.1) is 5.10 Å². The molecule has 1 heterocycles. The number of aryl methyl sites for hydroxylation is 1. The minimum atomic E-state index is -0.627. The quantitative estimate of drug-likeness (QED) is 0.816. The molecule has 0 saturated heterocycles. The molecule has 120 valence electrons. The first-order valence-corrected chi connectivity index (χ1v) is 7.69. The van der Waals surface area contributed by atoms with E-state index in [1.165, 1.54) is 18.2 Å². The van der Waals surface area contributed by atoms with E-state index in [1.807, 2.05) is 0 Å². The summed E-state index contributed by atoms with van der Waals surface area (Å²) in [6.45, 7) is 3.43. The van der Waals surface area contributed by atoms with Crippen LogP contribution in [-0.4, -0.2) is 27.8 Å². The maximum absolute atomic E-state index is 13.5. The molecule has 2 amide bonds. The summed E-state index contributed by atoms with van der Waals surface area (Å²) in [6, 6.07) is 5.86. The molecule has 0 unspecified atom stereocenters. The molecule has 2 aromatic rings. The molecule has 0 atom stereocenters. The average Bonchev–Trinajstić information content (AvgIpc) is 2.50. The molecule has 6 nitrogen and oxygen atoms in total. The van der Waals surface area contributed by atoms with E-state index in [0.717, 1.165) is 11.8 Å². The first kappa shape index (κ1) is 16.9. The minimum Gasteiger partial charge on any atom is -0.366 e. The molecule has 0 fully saturated rings. The highest BCUT2D eigenvalue weighted by atomic mass is 32.2. The van der Waals surface area contributed by atoms with Gasteiger partial charge in [-0.25, -0.2) is 4.39 Å². The zero-order valence-electron chi connectivity index (χ0n) is 12.6. The van der Waals surface area contributed by atoms with Crippen LogP contribution in [0.4, 0.5) is 10.1 Å². The van der Waals surface area contributed by atoms with Crippen LogP contribution in [0.1, 0.15) is 21.6 Å². The molecule has 0 radical (unpaired) electrons. The number of carbonyl (C=O) groups excluding carboxylic acids is 2. The predicted molar refractivity (Wildman–Crippen MR) is 85.8 cm³/mol. The number of halogens is 1. The van der Waals surface area contributed by atoms with Crippen LogP contribution in [-0.2, 0) is 4.79 Å². The fraction of sp³-hybridized carbons (Fsp3) is 0.200. The second-order valence-corrected chi connectivity index (χ2v) is 5.74. The van der Waals surface area contributed by atoms with Crippen LogP contribution in [0.5, 0.6) is 0 Å². The normalized spacial score (nSPS) is 10.4. The van der Waals surface area contributed by atoms with E-state index in [-0.39, 0.29) is 22.0 Å². The lowest BCUT2D eigenvalue weighted by Crippen LogP contribution is -2.19. The molecule has 23 heavy (non-hydrogen) atoms. The lowest BCUT2D eigenvalue weighted by molar-refractivity contribution is -0.113. The van der Waals surface area contributed by atoms with Gasteiger partial charge in [0.25, 0.3) is 5.91 Å². The monoisotopic (exact) mass is 334 g/mol. The van der Waals surface area contributed by atoms with E-state index in [9.17, 15) is 14.0 Å². The van der Waals surface area contributed by atoms with Gasteiger partial charge < -0.3 is 11.1 Å².